The van der Waals surface area contributed by atoms with Gasteiger partial charge in [0, 0.05) is 6.07 Å². The monoisotopic (exact) mass is 277 g/mol. The maximum atomic E-state index is 12.1. The van der Waals surface area contributed by atoms with Gasteiger partial charge in [-0.2, -0.15) is 0 Å². The lowest BCUT2D eigenvalue weighted by molar-refractivity contribution is 0.0465. The average Bonchev–Trinajstić information content (AvgIpc) is 2.65. The molecule has 0 unspecified atom stereocenters. The molecule has 0 aliphatic rings. The van der Waals surface area contributed by atoms with Gasteiger partial charge in [0.1, 0.15) is 23.7 Å². The molecule has 0 spiro atoms. The van der Waals surface area contributed by atoms with Gasteiger partial charge in [0.05, 0.1) is 11.3 Å². The number of hydrogen-bond acceptors (Lipinski definition) is 6. The third-order valence-electron chi connectivity index (χ3n) is 3.07. The predicted octanol–water partition coefficient (Wildman–Crippen LogP) is 2.22. The number of nitrogens with zero attached hydrogens (tertiary/aromatic N) is 1. The third-order valence-corrected chi connectivity index (χ3v) is 3.07. The second-order valence-corrected chi connectivity index (χ2v) is 4.56. The molecule has 6 heteroatoms. The van der Waals surface area contributed by atoms with Crippen molar-refractivity contribution < 1.29 is 18.5 Å². The van der Waals surface area contributed by atoms with Crippen LogP contribution in [0.5, 0.6) is 0 Å². The zero-order chi connectivity index (χ0) is 14.9. The highest BCUT2D eigenvalue weighted by atomic mass is 16.5. The summed E-state index contributed by atoms with van der Waals surface area (Å²) < 4.78 is 15.1. The minimum atomic E-state index is -0.538. The topological polar surface area (TPSA) is 82.5 Å². The van der Waals surface area contributed by atoms with Gasteiger partial charge < -0.3 is 13.7 Å². The van der Waals surface area contributed by atoms with Crippen molar-refractivity contribution in [2.75, 3.05) is 0 Å². The fraction of sp³-hybridized carbons (Fsp3) is 0.357. The smallest absolute Gasteiger partial charge is 0.342 e. The van der Waals surface area contributed by atoms with Crippen LogP contribution in [0.2, 0.25) is 0 Å². The minimum absolute atomic E-state index is 0.0675. The molecule has 0 bridgehead atoms. The van der Waals surface area contributed by atoms with Crippen molar-refractivity contribution in [2.45, 2.75) is 34.3 Å². The molecule has 2 heterocycles. The Morgan fingerprint density at radius 2 is 1.95 bits per heavy atom. The Bertz CT molecular complexity index is 665. The van der Waals surface area contributed by atoms with E-state index in [4.69, 9.17) is 13.7 Å². The number of carbonyl (C=O) groups is 1. The Hall–Kier alpha value is -2.37. The molecule has 0 radical (unpaired) electrons. The van der Waals surface area contributed by atoms with Gasteiger partial charge in [-0.25, -0.2) is 9.59 Å². The number of aromatic nitrogens is 1. The van der Waals surface area contributed by atoms with E-state index in [2.05, 4.69) is 5.16 Å². The standard InChI is InChI=1S/C14H15NO5/c1-7-5-12(16)19-10(4)13(7)14(17)18-6-11-8(2)15-20-9(11)3/h5H,6H2,1-4H3. The lowest BCUT2D eigenvalue weighted by atomic mass is 10.1. The molecular formula is C14H15NO5. The fourth-order valence-electron chi connectivity index (χ4n) is 1.98. The minimum Gasteiger partial charge on any atom is -0.457 e. The first-order chi connectivity index (χ1) is 9.40. The molecule has 0 N–H and O–H groups in total. The molecule has 0 aliphatic heterocycles. The molecule has 6 nitrogen and oxygen atoms in total. The quantitative estimate of drug-likeness (QED) is 0.800. The van der Waals surface area contributed by atoms with Crippen LogP contribution in [0.1, 0.15) is 38.7 Å². The molecule has 0 saturated heterocycles. The molecule has 20 heavy (non-hydrogen) atoms. The number of hydrogen-bond donors (Lipinski definition) is 0. The van der Waals surface area contributed by atoms with Gasteiger partial charge in [-0.3, -0.25) is 0 Å². The Morgan fingerprint density at radius 3 is 2.50 bits per heavy atom. The number of esters is 1. The third kappa shape index (κ3) is 2.64. The van der Waals surface area contributed by atoms with Gasteiger partial charge in [0.25, 0.3) is 0 Å². The summed E-state index contributed by atoms with van der Waals surface area (Å²) in [5.74, 6) is 0.325. The van der Waals surface area contributed by atoms with Crippen LogP contribution >= 0.6 is 0 Å². The fourth-order valence-corrected chi connectivity index (χ4v) is 1.98. The Labute approximate surface area is 115 Å². The SMILES string of the molecule is Cc1cc(=O)oc(C)c1C(=O)OCc1c(C)noc1C. The van der Waals surface area contributed by atoms with Crippen LogP contribution in [0.15, 0.2) is 19.8 Å². The van der Waals surface area contributed by atoms with Gasteiger partial charge in [-0.15, -0.1) is 0 Å². The highest BCUT2D eigenvalue weighted by Crippen LogP contribution is 2.17. The summed E-state index contributed by atoms with van der Waals surface area (Å²) >= 11 is 0. The van der Waals surface area contributed by atoms with Crippen LogP contribution in [0.4, 0.5) is 0 Å². The molecule has 0 saturated carbocycles. The van der Waals surface area contributed by atoms with Gasteiger partial charge in [0.15, 0.2) is 0 Å². The number of ether oxygens (including phenoxy) is 1. The summed E-state index contributed by atoms with van der Waals surface area (Å²) in [6.45, 7) is 6.81. The number of carbonyl (C=O) groups excluding carboxylic acids is 1. The molecule has 0 aliphatic carbocycles. The average molecular weight is 277 g/mol. The molecule has 0 fully saturated rings. The molecule has 0 amide bonds. The van der Waals surface area contributed by atoms with Gasteiger partial charge in [-0.1, -0.05) is 5.16 Å². The maximum Gasteiger partial charge on any atom is 0.342 e. The second kappa shape index (κ2) is 5.32. The summed E-state index contributed by atoms with van der Waals surface area (Å²) in [7, 11) is 0. The van der Waals surface area contributed by atoms with Crippen molar-refractivity contribution in [3.63, 3.8) is 0 Å². The normalized spacial score (nSPS) is 10.6. The predicted molar refractivity (Wildman–Crippen MR) is 69.5 cm³/mol. The number of aryl methyl sites for hydroxylation is 4. The molecule has 106 valence electrons. The first-order valence-electron chi connectivity index (χ1n) is 6.10. The summed E-state index contributed by atoms with van der Waals surface area (Å²) in [6.07, 6.45) is 0. The molecule has 0 aromatic carbocycles. The summed E-state index contributed by atoms with van der Waals surface area (Å²) in [5.41, 5.74) is 1.75. The largest absolute Gasteiger partial charge is 0.457 e. The van der Waals surface area contributed by atoms with Crippen LogP contribution in [0.3, 0.4) is 0 Å². The number of rotatable bonds is 3. The summed E-state index contributed by atoms with van der Waals surface area (Å²) in [6, 6.07) is 1.26. The molecular weight excluding hydrogens is 262 g/mol. The zero-order valence-electron chi connectivity index (χ0n) is 11.8. The van der Waals surface area contributed by atoms with Gasteiger partial charge in [0.2, 0.25) is 0 Å². The highest BCUT2D eigenvalue weighted by molar-refractivity contribution is 5.91. The Balaban J connectivity index is 2.20. The molecule has 2 rings (SSSR count). The van der Waals surface area contributed by atoms with Crippen molar-refractivity contribution in [1.29, 1.82) is 0 Å². The van der Waals surface area contributed by atoms with Crippen LogP contribution in [0.25, 0.3) is 0 Å². The van der Waals surface area contributed by atoms with Crippen LogP contribution < -0.4 is 5.63 Å². The van der Waals surface area contributed by atoms with E-state index in [0.717, 1.165) is 5.56 Å². The van der Waals surface area contributed by atoms with E-state index in [1.807, 2.05) is 0 Å². The van der Waals surface area contributed by atoms with Gasteiger partial charge >= 0.3 is 11.6 Å². The van der Waals surface area contributed by atoms with Crippen molar-refractivity contribution in [2.24, 2.45) is 0 Å². The summed E-state index contributed by atoms with van der Waals surface area (Å²) in [5, 5.41) is 3.79. The molecule has 0 atom stereocenters. The van der Waals surface area contributed by atoms with E-state index >= 15 is 0 Å². The van der Waals surface area contributed by atoms with E-state index in [-0.39, 0.29) is 17.9 Å². The van der Waals surface area contributed by atoms with Crippen molar-refractivity contribution in [1.82, 2.24) is 5.16 Å². The Kier molecular flexibility index (Phi) is 3.74. The lowest BCUT2D eigenvalue weighted by Crippen LogP contribution is -2.13. The van der Waals surface area contributed by atoms with Gasteiger partial charge in [-0.05, 0) is 33.3 Å². The van der Waals surface area contributed by atoms with Crippen LogP contribution in [-0.2, 0) is 11.3 Å². The van der Waals surface area contributed by atoms with E-state index in [0.29, 0.717) is 17.0 Å². The van der Waals surface area contributed by atoms with E-state index in [9.17, 15) is 9.59 Å². The highest BCUT2D eigenvalue weighted by Gasteiger charge is 2.18. The second-order valence-electron chi connectivity index (χ2n) is 4.56. The van der Waals surface area contributed by atoms with E-state index < -0.39 is 11.6 Å². The summed E-state index contributed by atoms with van der Waals surface area (Å²) in [4.78, 5) is 23.3. The van der Waals surface area contributed by atoms with Crippen molar-refractivity contribution in [3.8, 4) is 0 Å². The molecule has 2 aromatic rings. The molecule has 2 aromatic heterocycles. The van der Waals surface area contributed by atoms with E-state index in [1.165, 1.54) is 6.07 Å². The zero-order valence-corrected chi connectivity index (χ0v) is 11.8. The Morgan fingerprint density at radius 1 is 1.25 bits per heavy atom. The van der Waals surface area contributed by atoms with Crippen LogP contribution in [-0.4, -0.2) is 11.1 Å². The van der Waals surface area contributed by atoms with Crippen LogP contribution in [0, 0.1) is 27.7 Å². The first-order valence-corrected chi connectivity index (χ1v) is 6.10. The lowest BCUT2D eigenvalue weighted by Gasteiger charge is -2.08. The van der Waals surface area contributed by atoms with Crippen molar-refractivity contribution in [3.05, 3.63) is 50.4 Å². The first kappa shape index (κ1) is 14.0. The maximum absolute atomic E-state index is 12.1. The van der Waals surface area contributed by atoms with Crippen molar-refractivity contribution >= 4 is 5.97 Å². The van der Waals surface area contributed by atoms with E-state index in [1.54, 1.807) is 27.7 Å².